The second kappa shape index (κ2) is 5.51. The van der Waals surface area contributed by atoms with Gasteiger partial charge in [-0.1, -0.05) is 12.8 Å². The van der Waals surface area contributed by atoms with E-state index >= 15 is 0 Å². The van der Waals surface area contributed by atoms with E-state index < -0.39 is 0 Å². The van der Waals surface area contributed by atoms with E-state index in [0.29, 0.717) is 12.0 Å². The maximum Gasteiger partial charge on any atom is 0.0947 e. The Hall–Kier alpha value is -0.800. The van der Waals surface area contributed by atoms with E-state index in [4.69, 9.17) is 10.2 Å². The molecule has 1 saturated carbocycles. The summed E-state index contributed by atoms with van der Waals surface area (Å²) in [6, 6.07) is 2.69. The smallest absolute Gasteiger partial charge is 0.0947 e. The van der Waals surface area contributed by atoms with Gasteiger partial charge in [0.1, 0.15) is 0 Å². The Morgan fingerprint density at radius 2 is 2.25 bits per heavy atom. The molecule has 0 aromatic carbocycles. The number of rotatable bonds is 4. The van der Waals surface area contributed by atoms with Gasteiger partial charge in [0, 0.05) is 18.2 Å². The standard InChI is InChI=1S/C13H22N2O/c1-15(9-11-6-7-16-10-11)13-5-3-2-4-12(13)8-14/h6-7,10,12-13H,2-5,8-9,14H2,1H3. The predicted molar refractivity (Wildman–Crippen MR) is 65.0 cm³/mol. The molecule has 0 radical (unpaired) electrons. The molecule has 2 unspecified atom stereocenters. The first-order chi connectivity index (χ1) is 7.81. The molecule has 1 aromatic rings. The average molecular weight is 222 g/mol. The van der Waals surface area contributed by atoms with Crippen LogP contribution in [0.1, 0.15) is 31.2 Å². The molecule has 0 aliphatic heterocycles. The number of furan rings is 1. The van der Waals surface area contributed by atoms with Crippen molar-refractivity contribution in [2.45, 2.75) is 38.3 Å². The van der Waals surface area contributed by atoms with Crippen LogP contribution in [0.4, 0.5) is 0 Å². The second-order valence-corrected chi connectivity index (χ2v) is 4.89. The van der Waals surface area contributed by atoms with E-state index in [1.807, 2.05) is 12.3 Å². The normalized spacial score (nSPS) is 26.2. The Bertz CT molecular complexity index is 297. The fourth-order valence-electron chi connectivity index (χ4n) is 2.83. The maximum atomic E-state index is 5.86. The van der Waals surface area contributed by atoms with E-state index in [-0.39, 0.29) is 0 Å². The van der Waals surface area contributed by atoms with Crippen LogP contribution in [0.15, 0.2) is 23.0 Å². The zero-order chi connectivity index (χ0) is 11.4. The van der Waals surface area contributed by atoms with Gasteiger partial charge in [0.25, 0.3) is 0 Å². The first kappa shape index (κ1) is 11.7. The fraction of sp³-hybridized carbons (Fsp3) is 0.692. The zero-order valence-corrected chi connectivity index (χ0v) is 10.1. The van der Waals surface area contributed by atoms with E-state index in [1.165, 1.54) is 31.2 Å². The topological polar surface area (TPSA) is 42.4 Å². The monoisotopic (exact) mass is 222 g/mol. The summed E-state index contributed by atoms with van der Waals surface area (Å²) in [4.78, 5) is 2.43. The van der Waals surface area contributed by atoms with Crippen LogP contribution in [0.5, 0.6) is 0 Å². The molecule has 3 heteroatoms. The SMILES string of the molecule is CN(Cc1ccoc1)C1CCCCC1CN. The minimum absolute atomic E-state index is 0.647. The van der Waals surface area contributed by atoms with Crippen molar-refractivity contribution in [3.63, 3.8) is 0 Å². The highest BCUT2D eigenvalue weighted by molar-refractivity contribution is 5.05. The molecule has 1 aliphatic rings. The summed E-state index contributed by atoms with van der Waals surface area (Å²) in [5.41, 5.74) is 7.11. The third-order valence-electron chi connectivity index (χ3n) is 3.75. The van der Waals surface area contributed by atoms with Crippen LogP contribution in [0.2, 0.25) is 0 Å². The van der Waals surface area contributed by atoms with Crippen molar-refractivity contribution in [2.24, 2.45) is 11.7 Å². The molecule has 90 valence electrons. The molecule has 1 aliphatic carbocycles. The highest BCUT2D eigenvalue weighted by atomic mass is 16.3. The summed E-state index contributed by atoms with van der Waals surface area (Å²) >= 11 is 0. The molecule has 0 amide bonds. The molecule has 1 heterocycles. The Balaban J connectivity index is 1.94. The van der Waals surface area contributed by atoms with Crippen LogP contribution in [0.3, 0.4) is 0 Å². The summed E-state index contributed by atoms with van der Waals surface area (Å²) in [5.74, 6) is 0.672. The third kappa shape index (κ3) is 2.66. The van der Waals surface area contributed by atoms with Gasteiger partial charge >= 0.3 is 0 Å². The van der Waals surface area contributed by atoms with Crippen molar-refractivity contribution in [1.82, 2.24) is 4.90 Å². The van der Waals surface area contributed by atoms with Gasteiger partial charge in [0.15, 0.2) is 0 Å². The number of nitrogens with zero attached hydrogens (tertiary/aromatic N) is 1. The molecule has 3 nitrogen and oxygen atoms in total. The molecular formula is C13H22N2O. The highest BCUT2D eigenvalue weighted by Crippen LogP contribution is 2.27. The lowest BCUT2D eigenvalue weighted by atomic mass is 9.83. The van der Waals surface area contributed by atoms with Crippen molar-refractivity contribution in [1.29, 1.82) is 0 Å². The summed E-state index contributed by atoms with van der Waals surface area (Å²) in [7, 11) is 2.20. The molecule has 0 spiro atoms. The number of hydrogen-bond donors (Lipinski definition) is 1. The van der Waals surface area contributed by atoms with Gasteiger partial charge in [-0.05, 0) is 38.4 Å². The van der Waals surface area contributed by atoms with Crippen molar-refractivity contribution < 1.29 is 4.42 Å². The molecule has 0 saturated heterocycles. The van der Waals surface area contributed by atoms with Crippen molar-refractivity contribution in [3.05, 3.63) is 24.2 Å². The van der Waals surface area contributed by atoms with Gasteiger partial charge in [-0.15, -0.1) is 0 Å². The van der Waals surface area contributed by atoms with Gasteiger partial charge < -0.3 is 10.2 Å². The van der Waals surface area contributed by atoms with E-state index in [1.54, 1.807) is 6.26 Å². The van der Waals surface area contributed by atoms with Crippen LogP contribution < -0.4 is 5.73 Å². The average Bonchev–Trinajstić information content (AvgIpc) is 2.81. The minimum Gasteiger partial charge on any atom is -0.472 e. The van der Waals surface area contributed by atoms with Crippen molar-refractivity contribution in [3.8, 4) is 0 Å². The lowest BCUT2D eigenvalue weighted by molar-refractivity contribution is 0.127. The predicted octanol–water partition coefficient (Wildman–Crippen LogP) is 2.23. The summed E-state index contributed by atoms with van der Waals surface area (Å²) in [6.45, 7) is 1.79. The molecule has 16 heavy (non-hydrogen) atoms. The van der Waals surface area contributed by atoms with Crippen LogP contribution in [-0.4, -0.2) is 24.5 Å². The fourth-order valence-corrected chi connectivity index (χ4v) is 2.83. The quantitative estimate of drug-likeness (QED) is 0.849. The molecule has 1 fully saturated rings. The molecular weight excluding hydrogens is 200 g/mol. The highest BCUT2D eigenvalue weighted by Gasteiger charge is 2.27. The Kier molecular flexibility index (Phi) is 4.02. The maximum absolute atomic E-state index is 5.86. The summed E-state index contributed by atoms with van der Waals surface area (Å²) < 4.78 is 5.10. The number of hydrogen-bond acceptors (Lipinski definition) is 3. The lowest BCUT2D eigenvalue weighted by Crippen LogP contribution is -2.42. The Morgan fingerprint density at radius 1 is 1.44 bits per heavy atom. The van der Waals surface area contributed by atoms with E-state index in [2.05, 4.69) is 11.9 Å². The summed E-state index contributed by atoms with van der Waals surface area (Å²) in [5, 5.41) is 0. The van der Waals surface area contributed by atoms with Gasteiger partial charge in [-0.25, -0.2) is 0 Å². The van der Waals surface area contributed by atoms with Gasteiger partial charge in [-0.3, -0.25) is 4.90 Å². The lowest BCUT2D eigenvalue weighted by Gasteiger charge is -2.37. The van der Waals surface area contributed by atoms with Gasteiger partial charge in [-0.2, -0.15) is 0 Å². The van der Waals surface area contributed by atoms with Gasteiger partial charge in [0.05, 0.1) is 12.5 Å². The summed E-state index contributed by atoms with van der Waals surface area (Å²) in [6.07, 6.45) is 8.84. The molecule has 1 aromatic heterocycles. The zero-order valence-electron chi connectivity index (χ0n) is 10.1. The number of nitrogens with two attached hydrogens (primary N) is 1. The van der Waals surface area contributed by atoms with Crippen LogP contribution >= 0.6 is 0 Å². The minimum atomic E-state index is 0.647. The Morgan fingerprint density at radius 3 is 2.94 bits per heavy atom. The second-order valence-electron chi connectivity index (χ2n) is 4.89. The largest absolute Gasteiger partial charge is 0.472 e. The van der Waals surface area contributed by atoms with Crippen LogP contribution in [-0.2, 0) is 6.54 Å². The van der Waals surface area contributed by atoms with Crippen LogP contribution in [0.25, 0.3) is 0 Å². The molecule has 2 atom stereocenters. The van der Waals surface area contributed by atoms with Crippen molar-refractivity contribution >= 4 is 0 Å². The molecule has 2 rings (SSSR count). The van der Waals surface area contributed by atoms with Crippen LogP contribution in [0, 0.1) is 5.92 Å². The third-order valence-corrected chi connectivity index (χ3v) is 3.75. The first-order valence-corrected chi connectivity index (χ1v) is 6.22. The van der Waals surface area contributed by atoms with Gasteiger partial charge in [0.2, 0.25) is 0 Å². The molecule has 2 N–H and O–H groups in total. The van der Waals surface area contributed by atoms with E-state index in [9.17, 15) is 0 Å². The molecule has 0 bridgehead atoms. The first-order valence-electron chi connectivity index (χ1n) is 6.22. The van der Waals surface area contributed by atoms with E-state index in [0.717, 1.165) is 13.1 Å². The Labute approximate surface area is 97.6 Å². The van der Waals surface area contributed by atoms with Crippen molar-refractivity contribution in [2.75, 3.05) is 13.6 Å².